The van der Waals surface area contributed by atoms with Crippen molar-refractivity contribution in [3.63, 3.8) is 0 Å². The van der Waals surface area contributed by atoms with E-state index < -0.39 is 11.8 Å². The van der Waals surface area contributed by atoms with E-state index in [1.807, 2.05) is 0 Å². The van der Waals surface area contributed by atoms with Crippen LogP contribution in [0.1, 0.15) is 0 Å². The third kappa shape index (κ3) is 2.20. The number of rotatable bonds is 1. The summed E-state index contributed by atoms with van der Waals surface area (Å²) >= 11 is 5.59. The van der Waals surface area contributed by atoms with E-state index in [0.717, 1.165) is 6.07 Å². The van der Waals surface area contributed by atoms with Gasteiger partial charge >= 0.3 is 6.03 Å². The maximum atomic E-state index is 13.3. The van der Waals surface area contributed by atoms with E-state index in [4.69, 9.17) is 11.6 Å². The van der Waals surface area contributed by atoms with E-state index in [1.165, 1.54) is 35.4 Å². The Morgan fingerprint density at radius 3 is 2.94 bits per heavy atom. The predicted octanol–water partition coefficient (Wildman–Crippen LogP) is 2.76. The normalized spacial score (nSPS) is 10.1. The fourth-order valence-electron chi connectivity index (χ4n) is 1.15. The topological polar surface area (TPSA) is 46.9 Å². The van der Waals surface area contributed by atoms with E-state index in [1.54, 1.807) is 0 Å². The predicted molar refractivity (Wildman–Crippen MR) is 58.1 cm³/mol. The summed E-state index contributed by atoms with van der Waals surface area (Å²) < 4.78 is 14.5. The Labute approximate surface area is 95.7 Å². The minimum Gasteiger partial charge on any atom is -0.304 e. The summed E-state index contributed by atoms with van der Waals surface area (Å²) in [6, 6.07) is 3.53. The number of aromatic nitrogens is 2. The van der Waals surface area contributed by atoms with E-state index in [0.29, 0.717) is 0 Å². The molecule has 0 unspecified atom stereocenters. The lowest BCUT2D eigenvalue weighted by atomic mass is 10.3. The summed E-state index contributed by atoms with van der Waals surface area (Å²) in [6.07, 6.45) is 4.24. The molecule has 2 rings (SSSR count). The lowest BCUT2D eigenvalue weighted by Gasteiger charge is -2.06. The summed E-state index contributed by atoms with van der Waals surface area (Å²) in [7, 11) is 0. The van der Waals surface area contributed by atoms with Crippen LogP contribution < -0.4 is 5.32 Å². The largest absolute Gasteiger partial charge is 0.331 e. The maximum Gasteiger partial charge on any atom is 0.331 e. The lowest BCUT2D eigenvalue weighted by molar-refractivity contribution is 0.253. The molecule has 0 saturated carbocycles. The van der Waals surface area contributed by atoms with E-state index >= 15 is 0 Å². The summed E-state index contributed by atoms with van der Waals surface area (Å²) in [5, 5.41) is 2.67. The molecule has 0 atom stereocenters. The Kier molecular flexibility index (Phi) is 2.87. The SMILES string of the molecule is O=C(Nc1ccc(Cl)cc1F)n1ccnc1. The van der Waals surface area contributed by atoms with Crippen LogP contribution in [0, 0.1) is 5.82 Å². The highest BCUT2D eigenvalue weighted by Crippen LogP contribution is 2.18. The zero-order chi connectivity index (χ0) is 11.5. The second-order valence-electron chi connectivity index (χ2n) is 3.02. The first-order valence-electron chi connectivity index (χ1n) is 4.41. The molecule has 0 aliphatic rings. The van der Waals surface area contributed by atoms with Gasteiger partial charge in [0.2, 0.25) is 0 Å². The molecule has 1 aromatic heterocycles. The summed E-state index contributed by atoms with van der Waals surface area (Å²) in [4.78, 5) is 15.2. The highest BCUT2D eigenvalue weighted by atomic mass is 35.5. The van der Waals surface area contributed by atoms with Crippen LogP contribution in [0.4, 0.5) is 14.9 Å². The van der Waals surface area contributed by atoms with Gasteiger partial charge in [-0.05, 0) is 18.2 Å². The molecule has 0 bridgehead atoms. The van der Waals surface area contributed by atoms with E-state index in [9.17, 15) is 9.18 Å². The average Bonchev–Trinajstić information content (AvgIpc) is 2.75. The van der Waals surface area contributed by atoms with Crippen molar-refractivity contribution in [3.05, 3.63) is 47.8 Å². The molecule has 1 heterocycles. The van der Waals surface area contributed by atoms with Crippen molar-refractivity contribution < 1.29 is 9.18 Å². The van der Waals surface area contributed by atoms with Crippen LogP contribution in [-0.2, 0) is 0 Å². The highest BCUT2D eigenvalue weighted by Gasteiger charge is 2.08. The number of hydrogen-bond donors (Lipinski definition) is 1. The van der Waals surface area contributed by atoms with Crippen LogP contribution in [0.15, 0.2) is 36.9 Å². The number of benzene rings is 1. The van der Waals surface area contributed by atoms with Gasteiger partial charge in [-0.2, -0.15) is 0 Å². The Morgan fingerprint density at radius 2 is 2.31 bits per heavy atom. The highest BCUT2D eigenvalue weighted by molar-refractivity contribution is 6.30. The molecule has 82 valence electrons. The van der Waals surface area contributed by atoms with Crippen LogP contribution in [0.25, 0.3) is 0 Å². The van der Waals surface area contributed by atoms with Crippen molar-refractivity contribution in [2.45, 2.75) is 0 Å². The van der Waals surface area contributed by atoms with Crippen LogP contribution >= 0.6 is 11.6 Å². The molecule has 0 spiro atoms. The molecule has 6 heteroatoms. The monoisotopic (exact) mass is 239 g/mol. The minimum atomic E-state index is -0.582. The Hall–Kier alpha value is -1.88. The molecule has 1 aromatic carbocycles. The van der Waals surface area contributed by atoms with Crippen molar-refractivity contribution in [2.24, 2.45) is 0 Å². The Balaban J connectivity index is 2.18. The number of nitrogens with zero attached hydrogens (tertiary/aromatic N) is 2. The standard InChI is InChI=1S/C10H7ClFN3O/c11-7-1-2-9(8(12)5-7)14-10(16)15-4-3-13-6-15/h1-6H,(H,14,16). The van der Waals surface area contributed by atoms with Gasteiger partial charge in [0.15, 0.2) is 0 Å². The van der Waals surface area contributed by atoms with Crippen molar-refractivity contribution >= 4 is 23.3 Å². The second kappa shape index (κ2) is 4.32. The van der Waals surface area contributed by atoms with E-state index in [2.05, 4.69) is 10.3 Å². The molecule has 1 N–H and O–H groups in total. The van der Waals surface area contributed by atoms with Gasteiger partial charge in [0.25, 0.3) is 0 Å². The van der Waals surface area contributed by atoms with Crippen molar-refractivity contribution in [1.29, 1.82) is 0 Å². The molecule has 0 radical (unpaired) electrons. The first-order valence-corrected chi connectivity index (χ1v) is 4.79. The Morgan fingerprint density at radius 1 is 1.50 bits per heavy atom. The molecular formula is C10H7ClFN3O. The summed E-state index contributed by atoms with van der Waals surface area (Å²) in [5.41, 5.74) is 0.0723. The number of hydrogen-bond acceptors (Lipinski definition) is 2. The van der Waals surface area contributed by atoms with Gasteiger partial charge in [0.05, 0.1) is 5.69 Å². The number of amides is 1. The minimum absolute atomic E-state index is 0.0723. The van der Waals surface area contributed by atoms with Gasteiger partial charge in [0, 0.05) is 17.4 Å². The van der Waals surface area contributed by atoms with Crippen molar-refractivity contribution in [2.75, 3.05) is 5.32 Å². The molecule has 0 aliphatic heterocycles. The molecule has 1 amide bonds. The van der Waals surface area contributed by atoms with Gasteiger partial charge in [-0.1, -0.05) is 11.6 Å². The molecule has 0 saturated heterocycles. The fraction of sp³-hybridized carbons (Fsp3) is 0. The molecular weight excluding hydrogens is 233 g/mol. The van der Waals surface area contributed by atoms with Gasteiger partial charge in [0.1, 0.15) is 12.1 Å². The number of imidazole rings is 1. The zero-order valence-corrected chi connectivity index (χ0v) is 8.78. The van der Waals surface area contributed by atoms with Gasteiger partial charge in [-0.3, -0.25) is 4.57 Å². The number of carbonyl (C=O) groups is 1. The van der Waals surface area contributed by atoms with Crippen LogP contribution in [-0.4, -0.2) is 15.6 Å². The molecule has 4 nitrogen and oxygen atoms in total. The van der Waals surface area contributed by atoms with Crippen LogP contribution in [0.5, 0.6) is 0 Å². The van der Waals surface area contributed by atoms with Crippen molar-refractivity contribution in [1.82, 2.24) is 9.55 Å². The number of carbonyl (C=O) groups excluding carboxylic acids is 1. The summed E-state index contributed by atoms with van der Waals surface area (Å²) in [6.45, 7) is 0. The van der Waals surface area contributed by atoms with Gasteiger partial charge in [-0.25, -0.2) is 14.2 Å². The molecule has 0 fully saturated rings. The average molecular weight is 240 g/mol. The lowest BCUT2D eigenvalue weighted by Crippen LogP contribution is -2.18. The quantitative estimate of drug-likeness (QED) is 0.832. The van der Waals surface area contributed by atoms with Gasteiger partial charge in [-0.15, -0.1) is 0 Å². The third-order valence-electron chi connectivity index (χ3n) is 1.91. The Bertz CT molecular complexity index is 513. The number of halogens is 2. The second-order valence-corrected chi connectivity index (χ2v) is 3.46. The van der Waals surface area contributed by atoms with Crippen molar-refractivity contribution in [3.8, 4) is 0 Å². The van der Waals surface area contributed by atoms with Gasteiger partial charge < -0.3 is 5.32 Å². The molecule has 16 heavy (non-hydrogen) atoms. The summed E-state index contributed by atoms with van der Waals surface area (Å²) in [5.74, 6) is -0.582. The number of anilines is 1. The molecule has 2 aromatic rings. The fourth-order valence-corrected chi connectivity index (χ4v) is 1.31. The van der Waals surface area contributed by atoms with Crippen LogP contribution in [0.3, 0.4) is 0 Å². The zero-order valence-electron chi connectivity index (χ0n) is 8.02. The van der Waals surface area contributed by atoms with E-state index in [-0.39, 0.29) is 10.7 Å². The third-order valence-corrected chi connectivity index (χ3v) is 2.15. The van der Waals surface area contributed by atoms with Crippen LogP contribution in [0.2, 0.25) is 5.02 Å². The first kappa shape index (κ1) is 10.6. The number of nitrogens with one attached hydrogen (secondary N) is 1. The maximum absolute atomic E-state index is 13.3. The molecule has 0 aliphatic carbocycles. The smallest absolute Gasteiger partial charge is 0.304 e. The first-order chi connectivity index (χ1) is 7.66.